The minimum absolute atomic E-state index is 0.0333. The molecule has 0 aromatic heterocycles. The van der Waals surface area contributed by atoms with Gasteiger partial charge in [0.05, 0.1) is 5.41 Å². The normalized spacial score (nSPS) is 13.8. The summed E-state index contributed by atoms with van der Waals surface area (Å²) in [6.07, 6.45) is 0.627. The van der Waals surface area contributed by atoms with Gasteiger partial charge in [0.2, 0.25) is 0 Å². The standard InChI is InChI=1S/C16H20O2/c1-11(2)10-16(5,13(4)18)15-8-6-14(7-9-15)12(3)17/h6-9H,1,10H2,2-5H3. The molecule has 0 saturated heterocycles. The molecule has 0 fully saturated rings. The molecule has 0 aliphatic rings. The summed E-state index contributed by atoms with van der Waals surface area (Å²) in [7, 11) is 0. The Kier molecular flexibility index (Phi) is 4.23. The Morgan fingerprint density at radius 2 is 1.61 bits per heavy atom. The highest BCUT2D eigenvalue weighted by Gasteiger charge is 2.31. The zero-order valence-electron chi connectivity index (χ0n) is 11.5. The van der Waals surface area contributed by atoms with Gasteiger partial charge in [0, 0.05) is 5.56 Å². The summed E-state index contributed by atoms with van der Waals surface area (Å²) in [6.45, 7) is 10.9. The molecule has 0 radical (unpaired) electrons. The minimum Gasteiger partial charge on any atom is -0.299 e. The van der Waals surface area contributed by atoms with Gasteiger partial charge in [-0.3, -0.25) is 9.59 Å². The van der Waals surface area contributed by atoms with Crippen molar-refractivity contribution in [3.05, 3.63) is 47.5 Å². The number of ketones is 2. The molecule has 2 nitrogen and oxygen atoms in total. The molecule has 1 aromatic carbocycles. The first kappa shape index (κ1) is 14.4. The molecule has 18 heavy (non-hydrogen) atoms. The Balaban J connectivity index is 3.18. The van der Waals surface area contributed by atoms with Crippen LogP contribution < -0.4 is 0 Å². The molecule has 0 N–H and O–H groups in total. The lowest BCUT2D eigenvalue weighted by Gasteiger charge is -2.27. The zero-order valence-corrected chi connectivity index (χ0v) is 11.5. The molecule has 0 saturated carbocycles. The molecule has 1 unspecified atom stereocenters. The fraction of sp³-hybridized carbons (Fsp3) is 0.375. The van der Waals surface area contributed by atoms with Crippen LogP contribution in [0.15, 0.2) is 36.4 Å². The van der Waals surface area contributed by atoms with E-state index in [2.05, 4.69) is 6.58 Å². The molecule has 0 bridgehead atoms. The highest BCUT2D eigenvalue weighted by Crippen LogP contribution is 2.31. The van der Waals surface area contributed by atoms with E-state index in [1.54, 1.807) is 19.1 Å². The van der Waals surface area contributed by atoms with Crippen molar-refractivity contribution >= 4 is 11.6 Å². The fourth-order valence-electron chi connectivity index (χ4n) is 2.11. The van der Waals surface area contributed by atoms with Crippen molar-refractivity contribution in [2.75, 3.05) is 0 Å². The zero-order chi connectivity index (χ0) is 13.9. The number of carbonyl (C=O) groups excluding carboxylic acids is 2. The number of allylic oxidation sites excluding steroid dienone is 1. The maximum atomic E-state index is 11.9. The van der Waals surface area contributed by atoms with Crippen molar-refractivity contribution in [1.82, 2.24) is 0 Å². The van der Waals surface area contributed by atoms with Crippen molar-refractivity contribution in [2.24, 2.45) is 0 Å². The first-order chi connectivity index (χ1) is 8.27. The van der Waals surface area contributed by atoms with Gasteiger partial charge in [-0.2, -0.15) is 0 Å². The number of hydrogen-bond donors (Lipinski definition) is 0. The molecule has 0 amide bonds. The summed E-state index contributed by atoms with van der Waals surface area (Å²) in [6, 6.07) is 7.27. The van der Waals surface area contributed by atoms with Gasteiger partial charge in [-0.1, -0.05) is 29.8 Å². The average molecular weight is 244 g/mol. The van der Waals surface area contributed by atoms with E-state index in [1.807, 2.05) is 26.0 Å². The van der Waals surface area contributed by atoms with E-state index < -0.39 is 5.41 Å². The molecule has 0 spiro atoms. The van der Waals surface area contributed by atoms with Crippen LogP contribution >= 0.6 is 0 Å². The quantitative estimate of drug-likeness (QED) is 0.584. The number of carbonyl (C=O) groups is 2. The number of benzene rings is 1. The van der Waals surface area contributed by atoms with Crippen molar-refractivity contribution in [3.8, 4) is 0 Å². The number of Topliss-reactive ketones (excluding diaryl/α,β-unsaturated/α-hetero) is 2. The van der Waals surface area contributed by atoms with Crippen molar-refractivity contribution in [3.63, 3.8) is 0 Å². The molecule has 2 heteroatoms. The number of hydrogen-bond acceptors (Lipinski definition) is 2. The van der Waals surface area contributed by atoms with Crippen LogP contribution in [0.5, 0.6) is 0 Å². The van der Waals surface area contributed by atoms with Gasteiger partial charge in [0.25, 0.3) is 0 Å². The topological polar surface area (TPSA) is 34.1 Å². The second-order valence-corrected chi connectivity index (χ2v) is 5.16. The van der Waals surface area contributed by atoms with Crippen LogP contribution in [0.2, 0.25) is 0 Å². The smallest absolute Gasteiger partial charge is 0.159 e. The van der Waals surface area contributed by atoms with Crippen LogP contribution in [-0.2, 0) is 10.2 Å². The summed E-state index contributed by atoms with van der Waals surface area (Å²) >= 11 is 0. The van der Waals surface area contributed by atoms with Crippen molar-refractivity contribution < 1.29 is 9.59 Å². The fourth-order valence-corrected chi connectivity index (χ4v) is 2.11. The third-order valence-corrected chi connectivity index (χ3v) is 3.36. The molecule has 0 heterocycles. The molecule has 0 aliphatic carbocycles. The first-order valence-corrected chi connectivity index (χ1v) is 6.04. The van der Waals surface area contributed by atoms with Crippen LogP contribution in [0.25, 0.3) is 0 Å². The van der Waals surface area contributed by atoms with Crippen LogP contribution in [0.1, 0.15) is 50.0 Å². The van der Waals surface area contributed by atoms with Gasteiger partial charge in [0.1, 0.15) is 5.78 Å². The van der Waals surface area contributed by atoms with Gasteiger partial charge in [-0.25, -0.2) is 0 Å². The van der Waals surface area contributed by atoms with E-state index in [1.165, 1.54) is 6.92 Å². The lowest BCUT2D eigenvalue weighted by Crippen LogP contribution is -2.30. The monoisotopic (exact) mass is 244 g/mol. The average Bonchev–Trinajstić information content (AvgIpc) is 2.27. The predicted octanol–water partition coefficient (Wildman–Crippen LogP) is 3.70. The van der Waals surface area contributed by atoms with Crippen LogP contribution in [0.4, 0.5) is 0 Å². The predicted molar refractivity (Wildman–Crippen MR) is 73.9 cm³/mol. The van der Waals surface area contributed by atoms with Crippen molar-refractivity contribution in [2.45, 2.75) is 39.5 Å². The van der Waals surface area contributed by atoms with Gasteiger partial charge >= 0.3 is 0 Å². The molecule has 1 rings (SSSR count). The van der Waals surface area contributed by atoms with E-state index in [4.69, 9.17) is 0 Å². The van der Waals surface area contributed by atoms with Gasteiger partial charge in [0.15, 0.2) is 5.78 Å². The first-order valence-electron chi connectivity index (χ1n) is 6.04. The van der Waals surface area contributed by atoms with Gasteiger partial charge in [-0.05, 0) is 39.7 Å². The summed E-state index contributed by atoms with van der Waals surface area (Å²) in [5, 5.41) is 0. The highest BCUT2D eigenvalue weighted by atomic mass is 16.1. The highest BCUT2D eigenvalue weighted by molar-refractivity contribution is 5.94. The summed E-state index contributed by atoms with van der Waals surface area (Å²) in [5.74, 6) is 0.145. The number of rotatable bonds is 5. The van der Waals surface area contributed by atoms with E-state index in [0.717, 1.165) is 11.1 Å². The van der Waals surface area contributed by atoms with Crippen LogP contribution in [-0.4, -0.2) is 11.6 Å². The lowest BCUT2D eigenvalue weighted by molar-refractivity contribution is -0.121. The van der Waals surface area contributed by atoms with E-state index >= 15 is 0 Å². The molecule has 1 aromatic rings. The van der Waals surface area contributed by atoms with E-state index in [0.29, 0.717) is 12.0 Å². The van der Waals surface area contributed by atoms with Gasteiger partial charge < -0.3 is 0 Å². The Bertz CT molecular complexity index is 482. The minimum atomic E-state index is -0.554. The summed E-state index contributed by atoms with van der Waals surface area (Å²) < 4.78 is 0. The lowest BCUT2D eigenvalue weighted by atomic mass is 9.74. The molecular weight excluding hydrogens is 224 g/mol. The Morgan fingerprint density at radius 3 is 1.94 bits per heavy atom. The van der Waals surface area contributed by atoms with Crippen molar-refractivity contribution in [1.29, 1.82) is 0 Å². The second kappa shape index (κ2) is 5.30. The maximum absolute atomic E-state index is 11.9. The third-order valence-electron chi connectivity index (χ3n) is 3.36. The molecule has 1 atom stereocenters. The van der Waals surface area contributed by atoms with Gasteiger partial charge in [-0.15, -0.1) is 6.58 Å². The molecule has 0 aliphatic heterocycles. The Labute approximate surface area is 109 Å². The molecular formula is C16H20O2. The van der Waals surface area contributed by atoms with Crippen LogP contribution in [0.3, 0.4) is 0 Å². The summed E-state index contributed by atoms with van der Waals surface area (Å²) in [4.78, 5) is 23.1. The Hall–Kier alpha value is -1.70. The SMILES string of the molecule is C=C(C)CC(C)(C(C)=O)c1ccc(C(C)=O)cc1. The third kappa shape index (κ3) is 2.95. The molecule has 96 valence electrons. The second-order valence-electron chi connectivity index (χ2n) is 5.16. The summed E-state index contributed by atoms with van der Waals surface area (Å²) in [5.41, 5.74) is 2.02. The maximum Gasteiger partial charge on any atom is 0.159 e. The van der Waals surface area contributed by atoms with E-state index in [-0.39, 0.29) is 11.6 Å². The van der Waals surface area contributed by atoms with Crippen LogP contribution in [0, 0.1) is 0 Å². The largest absolute Gasteiger partial charge is 0.299 e. The Morgan fingerprint density at radius 1 is 1.11 bits per heavy atom. The van der Waals surface area contributed by atoms with E-state index in [9.17, 15) is 9.59 Å².